The fraction of sp³-hybridized carbons (Fsp3) is 0.214. The van der Waals surface area contributed by atoms with Crippen LogP contribution in [0.4, 0.5) is 0 Å². The van der Waals surface area contributed by atoms with Crippen LogP contribution in [-0.4, -0.2) is 28.2 Å². The molecule has 2 aromatic rings. The lowest BCUT2D eigenvalue weighted by Crippen LogP contribution is -2.04. The van der Waals surface area contributed by atoms with Gasteiger partial charge in [0.2, 0.25) is 0 Å². The summed E-state index contributed by atoms with van der Waals surface area (Å²) in [6.07, 6.45) is 2.81. The molecule has 1 heterocycles. The van der Waals surface area contributed by atoms with Gasteiger partial charge in [0, 0.05) is 17.3 Å². The summed E-state index contributed by atoms with van der Waals surface area (Å²) < 4.78 is 5.31. The molecule has 1 aromatic heterocycles. The van der Waals surface area contributed by atoms with Gasteiger partial charge in [0.15, 0.2) is 0 Å². The summed E-state index contributed by atoms with van der Waals surface area (Å²) in [7, 11) is 1.58. The fourth-order valence-corrected chi connectivity index (χ4v) is 1.90. The lowest BCUT2D eigenvalue weighted by atomic mass is 10.0. The van der Waals surface area contributed by atoms with Crippen molar-refractivity contribution in [1.82, 2.24) is 9.97 Å². The predicted molar refractivity (Wildman–Crippen MR) is 70.1 cm³/mol. The number of carboxylic acids is 1. The van der Waals surface area contributed by atoms with Gasteiger partial charge in [0.05, 0.1) is 19.2 Å². The minimum absolute atomic E-state index is 0.118. The SMILES string of the molecule is COc1ccc(C)cc1-c1ncncc1CC(=O)O. The molecule has 0 aliphatic rings. The zero-order valence-corrected chi connectivity index (χ0v) is 10.8. The fourth-order valence-electron chi connectivity index (χ4n) is 1.90. The minimum Gasteiger partial charge on any atom is -0.496 e. The Morgan fingerprint density at radius 1 is 1.42 bits per heavy atom. The number of rotatable bonds is 4. The van der Waals surface area contributed by atoms with Gasteiger partial charge >= 0.3 is 5.97 Å². The van der Waals surface area contributed by atoms with E-state index in [4.69, 9.17) is 9.84 Å². The van der Waals surface area contributed by atoms with E-state index in [9.17, 15) is 4.79 Å². The van der Waals surface area contributed by atoms with Crippen LogP contribution >= 0.6 is 0 Å². The summed E-state index contributed by atoms with van der Waals surface area (Å²) >= 11 is 0. The number of aryl methyl sites for hydroxylation is 1. The molecular weight excluding hydrogens is 244 g/mol. The van der Waals surface area contributed by atoms with Crippen LogP contribution in [0.15, 0.2) is 30.7 Å². The van der Waals surface area contributed by atoms with Crippen LogP contribution < -0.4 is 4.74 Å². The van der Waals surface area contributed by atoms with E-state index in [1.807, 2.05) is 25.1 Å². The van der Waals surface area contributed by atoms with E-state index in [1.54, 1.807) is 7.11 Å². The maximum Gasteiger partial charge on any atom is 0.307 e. The van der Waals surface area contributed by atoms with Gasteiger partial charge in [0.25, 0.3) is 0 Å². The molecule has 0 unspecified atom stereocenters. The van der Waals surface area contributed by atoms with E-state index in [-0.39, 0.29) is 6.42 Å². The second-order valence-electron chi connectivity index (χ2n) is 4.17. The molecule has 0 saturated carbocycles. The molecule has 1 aromatic carbocycles. The highest BCUT2D eigenvalue weighted by Crippen LogP contribution is 2.31. The van der Waals surface area contributed by atoms with Crippen LogP contribution in [0.5, 0.6) is 5.75 Å². The third kappa shape index (κ3) is 2.88. The summed E-state index contributed by atoms with van der Waals surface area (Å²) in [5.74, 6) is -0.251. The first kappa shape index (κ1) is 13.0. The van der Waals surface area contributed by atoms with Crippen LogP contribution in [0.3, 0.4) is 0 Å². The molecule has 98 valence electrons. The normalized spacial score (nSPS) is 10.2. The van der Waals surface area contributed by atoms with Crippen LogP contribution in [0.2, 0.25) is 0 Å². The smallest absolute Gasteiger partial charge is 0.307 e. The van der Waals surface area contributed by atoms with Gasteiger partial charge < -0.3 is 9.84 Å². The molecule has 0 atom stereocenters. The minimum atomic E-state index is -0.914. The van der Waals surface area contributed by atoms with Crippen molar-refractivity contribution in [3.8, 4) is 17.0 Å². The van der Waals surface area contributed by atoms with Crippen molar-refractivity contribution >= 4 is 5.97 Å². The van der Waals surface area contributed by atoms with Crippen LogP contribution in [0.1, 0.15) is 11.1 Å². The van der Waals surface area contributed by atoms with Crippen molar-refractivity contribution in [3.63, 3.8) is 0 Å². The highest BCUT2D eigenvalue weighted by atomic mass is 16.5. The number of carboxylic acid groups (broad SMARTS) is 1. The maximum atomic E-state index is 10.9. The number of ether oxygens (including phenoxy) is 1. The number of carbonyl (C=O) groups is 1. The molecule has 5 nitrogen and oxygen atoms in total. The molecule has 0 aliphatic carbocycles. The van der Waals surface area contributed by atoms with E-state index in [1.165, 1.54) is 12.5 Å². The van der Waals surface area contributed by atoms with Crippen molar-refractivity contribution in [3.05, 3.63) is 41.9 Å². The molecule has 5 heteroatoms. The Morgan fingerprint density at radius 3 is 2.89 bits per heavy atom. The lowest BCUT2D eigenvalue weighted by molar-refractivity contribution is -0.136. The highest BCUT2D eigenvalue weighted by Gasteiger charge is 2.14. The van der Waals surface area contributed by atoms with E-state index in [0.717, 1.165) is 11.1 Å². The van der Waals surface area contributed by atoms with E-state index in [0.29, 0.717) is 17.0 Å². The number of nitrogens with zero attached hydrogens (tertiary/aromatic N) is 2. The Labute approximate surface area is 110 Å². The summed E-state index contributed by atoms with van der Waals surface area (Å²) in [6, 6.07) is 5.70. The number of hydrogen-bond donors (Lipinski definition) is 1. The van der Waals surface area contributed by atoms with Gasteiger partial charge in [-0.2, -0.15) is 0 Å². The summed E-state index contributed by atoms with van der Waals surface area (Å²) in [4.78, 5) is 19.0. The number of methoxy groups -OCH3 is 1. The van der Waals surface area contributed by atoms with E-state index < -0.39 is 5.97 Å². The summed E-state index contributed by atoms with van der Waals surface area (Å²) in [5.41, 5.74) is 2.99. The lowest BCUT2D eigenvalue weighted by Gasteiger charge is -2.11. The van der Waals surface area contributed by atoms with Crippen molar-refractivity contribution in [2.45, 2.75) is 13.3 Å². The molecule has 0 fully saturated rings. The Kier molecular flexibility index (Phi) is 3.75. The van der Waals surface area contributed by atoms with Gasteiger partial charge in [-0.25, -0.2) is 9.97 Å². The van der Waals surface area contributed by atoms with Crippen molar-refractivity contribution in [1.29, 1.82) is 0 Å². The second-order valence-corrected chi connectivity index (χ2v) is 4.17. The highest BCUT2D eigenvalue weighted by molar-refractivity contribution is 5.77. The molecule has 0 spiro atoms. The quantitative estimate of drug-likeness (QED) is 0.909. The average molecular weight is 258 g/mol. The molecule has 0 bridgehead atoms. The van der Waals surface area contributed by atoms with Gasteiger partial charge in [-0.3, -0.25) is 4.79 Å². The van der Waals surface area contributed by atoms with Gasteiger partial charge in [-0.1, -0.05) is 11.6 Å². The van der Waals surface area contributed by atoms with Crippen molar-refractivity contribution in [2.75, 3.05) is 7.11 Å². The molecule has 0 amide bonds. The van der Waals surface area contributed by atoms with Crippen molar-refractivity contribution in [2.24, 2.45) is 0 Å². The molecule has 2 rings (SSSR count). The molecule has 1 N–H and O–H groups in total. The van der Waals surface area contributed by atoms with Crippen LogP contribution in [0.25, 0.3) is 11.3 Å². The van der Waals surface area contributed by atoms with Crippen LogP contribution in [0, 0.1) is 6.92 Å². The largest absolute Gasteiger partial charge is 0.496 e. The third-order valence-electron chi connectivity index (χ3n) is 2.74. The number of aromatic nitrogens is 2. The van der Waals surface area contributed by atoms with Crippen LogP contribution in [-0.2, 0) is 11.2 Å². The molecular formula is C14H14N2O3. The molecule has 19 heavy (non-hydrogen) atoms. The standard InChI is InChI=1S/C14H14N2O3/c1-9-3-4-12(19-2)11(5-9)14-10(6-13(17)18)7-15-8-16-14/h3-5,7-8H,6H2,1-2H3,(H,17,18). The first-order valence-electron chi connectivity index (χ1n) is 5.77. The number of aliphatic carboxylic acids is 1. The van der Waals surface area contributed by atoms with Gasteiger partial charge in [-0.15, -0.1) is 0 Å². The van der Waals surface area contributed by atoms with E-state index in [2.05, 4.69) is 9.97 Å². The first-order valence-corrected chi connectivity index (χ1v) is 5.77. The topological polar surface area (TPSA) is 72.3 Å². The molecule has 0 saturated heterocycles. The number of hydrogen-bond acceptors (Lipinski definition) is 4. The predicted octanol–water partition coefficient (Wildman–Crippen LogP) is 2.09. The second kappa shape index (κ2) is 5.48. The summed E-state index contributed by atoms with van der Waals surface area (Å²) in [5, 5.41) is 8.93. The Bertz CT molecular complexity index is 611. The van der Waals surface area contributed by atoms with E-state index >= 15 is 0 Å². The monoisotopic (exact) mass is 258 g/mol. The third-order valence-corrected chi connectivity index (χ3v) is 2.74. The number of benzene rings is 1. The van der Waals surface area contributed by atoms with Crippen molar-refractivity contribution < 1.29 is 14.6 Å². The first-order chi connectivity index (χ1) is 9.11. The Hall–Kier alpha value is -2.43. The Balaban J connectivity index is 2.58. The average Bonchev–Trinajstić information content (AvgIpc) is 2.38. The Morgan fingerprint density at radius 2 is 2.21 bits per heavy atom. The summed E-state index contributed by atoms with van der Waals surface area (Å²) in [6.45, 7) is 1.96. The maximum absolute atomic E-state index is 10.9. The van der Waals surface area contributed by atoms with Gasteiger partial charge in [0.1, 0.15) is 12.1 Å². The van der Waals surface area contributed by atoms with Gasteiger partial charge in [-0.05, 0) is 19.1 Å². The molecule has 0 aliphatic heterocycles. The molecule has 0 radical (unpaired) electrons. The zero-order chi connectivity index (χ0) is 13.8. The zero-order valence-electron chi connectivity index (χ0n) is 10.8.